The highest BCUT2D eigenvalue weighted by molar-refractivity contribution is 5.09. The molecule has 0 radical (unpaired) electrons. The molecule has 0 bridgehead atoms. The summed E-state index contributed by atoms with van der Waals surface area (Å²) in [5, 5.41) is 17.6. The third kappa shape index (κ3) is 1.28. The molecule has 0 aromatic rings. The Labute approximate surface area is 63.2 Å². The first-order valence-electron chi connectivity index (χ1n) is 3.38. The van der Waals surface area contributed by atoms with Crippen LogP contribution in [0.1, 0.15) is 6.92 Å². The normalized spacial score (nSPS) is 42.5. The molecule has 0 aliphatic heterocycles. The van der Waals surface area contributed by atoms with Gasteiger partial charge in [-0.15, -0.1) is 0 Å². The molecular weight excluding hydrogens is 154 g/mol. The Kier molecular flexibility index (Phi) is 1.98. The first-order valence-corrected chi connectivity index (χ1v) is 3.38. The molecule has 11 heavy (non-hydrogen) atoms. The molecular formula is C7H10F2O2. The molecule has 1 rings (SSSR count). The van der Waals surface area contributed by atoms with Gasteiger partial charge in [0.25, 0.3) is 5.92 Å². The van der Waals surface area contributed by atoms with E-state index in [1.165, 1.54) is 19.1 Å². The molecule has 0 heterocycles. The maximum absolute atomic E-state index is 12.8. The second kappa shape index (κ2) is 2.53. The highest BCUT2D eigenvalue weighted by Crippen LogP contribution is 2.34. The lowest BCUT2D eigenvalue weighted by Crippen LogP contribution is -2.48. The molecule has 2 nitrogen and oxygen atoms in total. The molecule has 0 aromatic carbocycles. The monoisotopic (exact) mass is 164 g/mol. The Balaban J connectivity index is 2.88. The van der Waals surface area contributed by atoms with E-state index >= 15 is 0 Å². The maximum Gasteiger partial charge on any atom is 0.282 e. The van der Waals surface area contributed by atoms with Crippen molar-refractivity contribution in [2.75, 3.05) is 0 Å². The van der Waals surface area contributed by atoms with Gasteiger partial charge in [-0.3, -0.25) is 0 Å². The van der Waals surface area contributed by atoms with E-state index in [1.54, 1.807) is 0 Å². The number of aliphatic hydroxyl groups is 2. The van der Waals surface area contributed by atoms with Gasteiger partial charge in [0.15, 0.2) is 0 Å². The van der Waals surface area contributed by atoms with Crippen LogP contribution < -0.4 is 0 Å². The summed E-state index contributed by atoms with van der Waals surface area (Å²) in [6.45, 7) is 1.30. The predicted molar refractivity (Wildman–Crippen MR) is 35.3 cm³/mol. The molecule has 3 atom stereocenters. The Morgan fingerprint density at radius 2 is 1.82 bits per heavy atom. The topological polar surface area (TPSA) is 40.5 Å². The van der Waals surface area contributed by atoms with Gasteiger partial charge < -0.3 is 10.2 Å². The summed E-state index contributed by atoms with van der Waals surface area (Å²) in [7, 11) is 0. The van der Waals surface area contributed by atoms with E-state index in [9.17, 15) is 8.78 Å². The standard InChI is InChI=1S/C7H10F2O2/c1-4-2-3-5(10)6(11)7(4,8)9/h2-6,10-11H,1H3. The van der Waals surface area contributed by atoms with Gasteiger partial charge in [0.05, 0.1) is 0 Å². The van der Waals surface area contributed by atoms with Gasteiger partial charge in [-0.25, -0.2) is 8.78 Å². The summed E-state index contributed by atoms with van der Waals surface area (Å²) >= 11 is 0. The minimum atomic E-state index is -3.21. The molecule has 0 saturated carbocycles. The second-order valence-corrected chi connectivity index (χ2v) is 2.78. The quantitative estimate of drug-likeness (QED) is 0.513. The zero-order valence-electron chi connectivity index (χ0n) is 6.04. The fourth-order valence-electron chi connectivity index (χ4n) is 1.01. The number of halogens is 2. The average molecular weight is 164 g/mol. The van der Waals surface area contributed by atoms with Crippen LogP contribution in [-0.2, 0) is 0 Å². The third-order valence-electron chi connectivity index (χ3n) is 1.92. The summed E-state index contributed by atoms with van der Waals surface area (Å²) in [4.78, 5) is 0. The first-order chi connectivity index (χ1) is 4.96. The van der Waals surface area contributed by atoms with Gasteiger partial charge in [0, 0.05) is 5.92 Å². The average Bonchev–Trinajstić information content (AvgIpc) is 1.95. The lowest BCUT2D eigenvalue weighted by atomic mass is 9.89. The highest BCUT2D eigenvalue weighted by Gasteiger charge is 2.48. The molecule has 1 aliphatic rings. The van der Waals surface area contributed by atoms with Crippen LogP contribution in [0.25, 0.3) is 0 Å². The van der Waals surface area contributed by atoms with Crippen LogP contribution in [0.2, 0.25) is 0 Å². The number of hydrogen-bond acceptors (Lipinski definition) is 2. The molecule has 1 aliphatic carbocycles. The Bertz CT molecular complexity index is 179. The van der Waals surface area contributed by atoms with E-state index in [2.05, 4.69) is 0 Å². The van der Waals surface area contributed by atoms with Crippen LogP contribution in [0, 0.1) is 5.92 Å². The van der Waals surface area contributed by atoms with Crippen molar-refractivity contribution >= 4 is 0 Å². The molecule has 3 unspecified atom stereocenters. The Morgan fingerprint density at radius 3 is 2.27 bits per heavy atom. The molecule has 0 saturated heterocycles. The zero-order chi connectivity index (χ0) is 8.65. The molecule has 0 spiro atoms. The van der Waals surface area contributed by atoms with Crippen molar-refractivity contribution in [3.8, 4) is 0 Å². The van der Waals surface area contributed by atoms with Crippen LogP contribution in [-0.4, -0.2) is 28.3 Å². The fourth-order valence-corrected chi connectivity index (χ4v) is 1.01. The van der Waals surface area contributed by atoms with Crippen LogP contribution >= 0.6 is 0 Å². The molecule has 4 heteroatoms. The van der Waals surface area contributed by atoms with E-state index in [0.717, 1.165) is 0 Å². The SMILES string of the molecule is CC1C=CC(O)C(O)C1(F)F. The molecule has 0 amide bonds. The minimum Gasteiger partial charge on any atom is -0.386 e. The van der Waals surface area contributed by atoms with E-state index in [-0.39, 0.29) is 0 Å². The number of hydrogen-bond donors (Lipinski definition) is 2. The molecule has 64 valence electrons. The van der Waals surface area contributed by atoms with Crippen molar-refractivity contribution in [2.45, 2.75) is 25.1 Å². The van der Waals surface area contributed by atoms with Crippen molar-refractivity contribution in [3.05, 3.63) is 12.2 Å². The first kappa shape index (κ1) is 8.62. The van der Waals surface area contributed by atoms with E-state index in [4.69, 9.17) is 10.2 Å². The van der Waals surface area contributed by atoms with Gasteiger partial charge in [-0.2, -0.15) is 0 Å². The van der Waals surface area contributed by atoms with Gasteiger partial charge in [0.2, 0.25) is 0 Å². The van der Waals surface area contributed by atoms with E-state index < -0.39 is 24.0 Å². The molecule has 2 N–H and O–H groups in total. The lowest BCUT2D eigenvalue weighted by molar-refractivity contribution is -0.167. The lowest BCUT2D eigenvalue weighted by Gasteiger charge is -2.32. The van der Waals surface area contributed by atoms with Crippen LogP contribution in [0.4, 0.5) is 8.78 Å². The fraction of sp³-hybridized carbons (Fsp3) is 0.714. The van der Waals surface area contributed by atoms with Crippen molar-refractivity contribution in [1.82, 2.24) is 0 Å². The summed E-state index contributed by atoms with van der Waals surface area (Å²) in [5.41, 5.74) is 0. The van der Waals surface area contributed by atoms with Crippen molar-refractivity contribution in [2.24, 2.45) is 5.92 Å². The van der Waals surface area contributed by atoms with Gasteiger partial charge in [0.1, 0.15) is 12.2 Å². The minimum absolute atomic E-state index is 1.01. The zero-order valence-corrected chi connectivity index (χ0v) is 6.04. The van der Waals surface area contributed by atoms with E-state index in [1.807, 2.05) is 0 Å². The number of rotatable bonds is 0. The number of allylic oxidation sites excluding steroid dienone is 1. The largest absolute Gasteiger partial charge is 0.386 e. The van der Waals surface area contributed by atoms with Gasteiger partial charge >= 0.3 is 0 Å². The van der Waals surface area contributed by atoms with Crippen LogP contribution in [0.5, 0.6) is 0 Å². The van der Waals surface area contributed by atoms with Gasteiger partial charge in [-0.05, 0) is 0 Å². The van der Waals surface area contributed by atoms with Gasteiger partial charge in [-0.1, -0.05) is 19.1 Å². The summed E-state index contributed by atoms with van der Waals surface area (Å²) in [6.07, 6.45) is -1.02. The number of aliphatic hydroxyl groups excluding tert-OH is 2. The smallest absolute Gasteiger partial charge is 0.282 e. The summed E-state index contributed by atoms with van der Waals surface area (Å²) < 4.78 is 25.6. The van der Waals surface area contributed by atoms with Crippen molar-refractivity contribution in [1.29, 1.82) is 0 Å². The maximum atomic E-state index is 12.8. The van der Waals surface area contributed by atoms with Crippen molar-refractivity contribution in [3.63, 3.8) is 0 Å². The van der Waals surface area contributed by atoms with Crippen molar-refractivity contribution < 1.29 is 19.0 Å². The molecule has 0 aromatic heterocycles. The molecule has 0 fully saturated rings. The van der Waals surface area contributed by atoms with Crippen LogP contribution in [0.15, 0.2) is 12.2 Å². The van der Waals surface area contributed by atoms with Crippen LogP contribution in [0.3, 0.4) is 0 Å². The number of alkyl halides is 2. The second-order valence-electron chi connectivity index (χ2n) is 2.78. The highest BCUT2D eigenvalue weighted by atomic mass is 19.3. The third-order valence-corrected chi connectivity index (χ3v) is 1.92. The Hall–Kier alpha value is -0.480. The predicted octanol–water partition coefficient (Wildman–Crippen LogP) is 0.549. The Morgan fingerprint density at radius 1 is 1.27 bits per heavy atom. The van der Waals surface area contributed by atoms with E-state index in [0.29, 0.717) is 0 Å². The summed E-state index contributed by atoms with van der Waals surface area (Å²) in [5.74, 6) is -4.23. The summed E-state index contributed by atoms with van der Waals surface area (Å²) in [6, 6.07) is 0.